The molecule has 0 aromatic rings. The molecule has 2 unspecified atom stereocenters. The highest BCUT2D eigenvalue weighted by Crippen LogP contribution is 2.20. The normalized spacial score (nSPS) is 16.7. The quantitative estimate of drug-likeness (QED) is 0.684. The van der Waals surface area contributed by atoms with E-state index in [2.05, 4.69) is 39.9 Å². The number of ether oxygens (including phenoxy) is 1. The summed E-state index contributed by atoms with van der Waals surface area (Å²) in [5, 5.41) is 3.46. The van der Waals surface area contributed by atoms with Crippen molar-refractivity contribution in [2.75, 3.05) is 13.7 Å². The number of methoxy groups -OCH3 is 1. The van der Waals surface area contributed by atoms with Gasteiger partial charge < -0.3 is 10.1 Å². The van der Waals surface area contributed by atoms with Gasteiger partial charge in [-0.25, -0.2) is 0 Å². The first-order valence-electron chi connectivity index (χ1n) is 5.71. The average molecular weight is 201 g/mol. The van der Waals surface area contributed by atoms with Crippen LogP contribution < -0.4 is 5.32 Å². The molecule has 0 aromatic carbocycles. The second-order valence-electron chi connectivity index (χ2n) is 4.83. The van der Waals surface area contributed by atoms with E-state index in [1.165, 1.54) is 6.42 Å². The highest BCUT2D eigenvalue weighted by atomic mass is 16.5. The summed E-state index contributed by atoms with van der Waals surface area (Å²) in [5.74, 6) is 0.712. The smallest absolute Gasteiger partial charge is 0.0622 e. The van der Waals surface area contributed by atoms with Crippen LogP contribution in [-0.2, 0) is 4.74 Å². The van der Waals surface area contributed by atoms with Crippen LogP contribution in [0, 0.1) is 5.92 Å². The molecular formula is C12H27NO. The Bertz CT molecular complexity index is 145. The maximum Gasteiger partial charge on any atom is 0.0622 e. The highest BCUT2D eigenvalue weighted by Gasteiger charge is 2.19. The number of nitrogens with one attached hydrogen (secondary N) is 1. The lowest BCUT2D eigenvalue weighted by molar-refractivity contribution is 0.00993. The Hall–Kier alpha value is -0.0800. The monoisotopic (exact) mass is 201 g/mol. The van der Waals surface area contributed by atoms with E-state index in [-0.39, 0.29) is 5.60 Å². The molecule has 2 heteroatoms. The van der Waals surface area contributed by atoms with Gasteiger partial charge in [0.2, 0.25) is 0 Å². The van der Waals surface area contributed by atoms with E-state index >= 15 is 0 Å². The number of hydrogen-bond acceptors (Lipinski definition) is 2. The van der Waals surface area contributed by atoms with Crippen molar-refractivity contribution in [2.45, 2.75) is 59.1 Å². The van der Waals surface area contributed by atoms with E-state index < -0.39 is 0 Å². The SMILES string of the molecule is CCNC(C)C(C)CCC(C)(C)OC. The molecule has 86 valence electrons. The van der Waals surface area contributed by atoms with E-state index in [0.717, 1.165) is 13.0 Å². The van der Waals surface area contributed by atoms with Crippen LogP contribution in [0.3, 0.4) is 0 Å². The molecule has 0 radical (unpaired) electrons. The fraction of sp³-hybridized carbons (Fsp3) is 1.00. The van der Waals surface area contributed by atoms with Gasteiger partial charge in [-0.2, -0.15) is 0 Å². The van der Waals surface area contributed by atoms with Crippen LogP contribution in [0.5, 0.6) is 0 Å². The summed E-state index contributed by atoms with van der Waals surface area (Å²) < 4.78 is 5.41. The predicted octanol–water partition coefficient (Wildman–Crippen LogP) is 2.83. The van der Waals surface area contributed by atoms with Gasteiger partial charge in [-0.3, -0.25) is 0 Å². The van der Waals surface area contributed by atoms with E-state index in [1.54, 1.807) is 7.11 Å². The van der Waals surface area contributed by atoms with Gasteiger partial charge in [-0.1, -0.05) is 13.8 Å². The zero-order valence-electron chi connectivity index (χ0n) is 10.7. The van der Waals surface area contributed by atoms with Crippen LogP contribution in [0.25, 0.3) is 0 Å². The molecule has 0 heterocycles. The minimum Gasteiger partial charge on any atom is -0.379 e. The zero-order valence-corrected chi connectivity index (χ0v) is 10.7. The van der Waals surface area contributed by atoms with Crippen LogP contribution in [0.4, 0.5) is 0 Å². The third-order valence-corrected chi connectivity index (χ3v) is 3.13. The van der Waals surface area contributed by atoms with E-state index in [0.29, 0.717) is 12.0 Å². The number of rotatable bonds is 7. The molecule has 0 saturated heterocycles. The van der Waals surface area contributed by atoms with Crippen molar-refractivity contribution >= 4 is 0 Å². The van der Waals surface area contributed by atoms with Crippen molar-refractivity contribution < 1.29 is 4.74 Å². The Morgan fingerprint density at radius 3 is 2.29 bits per heavy atom. The van der Waals surface area contributed by atoms with Crippen LogP contribution in [0.15, 0.2) is 0 Å². The standard InChI is InChI=1S/C12H27NO/c1-7-13-11(3)10(2)8-9-12(4,5)14-6/h10-11,13H,7-9H2,1-6H3. The van der Waals surface area contributed by atoms with Crippen molar-refractivity contribution in [1.82, 2.24) is 5.32 Å². The minimum atomic E-state index is 0.0280. The Balaban J connectivity index is 3.77. The molecule has 0 fully saturated rings. The molecule has 0 aliphatic heterocycles. The van der Waals surface area contributed by atoms with E-state index in [9.17, 15) is 0 Å². The second-order valence-corrected chi connectivity index (χ2v) is 4.83. The summed E-state index contributed by atoms with van der Waals surface area (Å²) in [5.41, 5.74) is 0.0280. The van der Waals surface area contributed by atoms with E-state index in [4.69, 9.17) is 4.74 Å². The van der Waals surface area contributed by atoms with Gasteiger partial charge >= 0.3 is 0 Å². The first-order valence-corrected chi connectivity index (χ1v) is 5.71. The Kier molecular flexibility index (Phi) is 6.38. The van der Waals surface area contributed by atoms with Gasteiger partial charge in [0.15, 0.2) is 0 Å². The number of hydrogen-bond donors (Lipinski definition) is 1. The first kappa shape index (κ1) is 13.9. The zero-order chi connectivity index (χ0) is 11.2. The largest absolute Gasteiger partial charge is 0.379 e. The maximum atomic E-state index is 5.41. The minimum absolute atomic E-state index is 0.0280. The van der Waals surface area contributed by atoms with Crippen molar-refractivity contribution in [3.05, 3.63) is 0 Å². The van der Waals surface area contributed by atoms with Crippen molar-refractivity contribution in [1.29, 1.82) is 0 Å². The topological polar surface area (TPSA) is 21.3 Å². The molecule has 0 spiro atoms. The molecule has 1 N–H and O–H groups in total. The lowest BCUT2D eigenvalue weighted by Crippen LogP contribution is -2.33. The van der Waals surface area contributed by atoms with Gasteiger partial charge in [0, 0.05) is 13.2 Å². The first-order chi connectivity index (χ1) is 6.43. The highest BCUT2D eigenvalue weighted by molar-refractivity contribution is 4.73. The van der Waals surface area contributed by atoms with Crippen molar-refractivity contribution in [3.8, 4) is 0 Å². The lowest BCUT2D eigenvalue weighted by atomic mass is 9.92. The molecule has 2 nitrogen and oxygen atoms in total. The molecule has 14 heavy (non-hydrogen) atoms. The Morgan fingerprint density at radius 1 is 1.29 bits per heavy atom. The van der Waals surface area contributed by atoms with Gasteiger partial charge in [-0.05, 0) is 46.1 Å². The van der Waals surface area contributed by atoms with Crippen LogP contribution in [0.1, 0.15) is 47.5 Å². The summed E-state index contributed by atoms with van der Waals surface area (Å²) in [4.78, 5) is 0. The molecule has 0 aromatic heterocycles. The molecule has 0 amide bonds. The van der Waals surface area contributed by atoms with E-state index in [1.807, 2.05) is 0 Å². The maximum absolute atomic E-state index is 5.41. The van der Waals surface area contributed by atoms with Crippen LogP contribution in [0.2, 0.25) is 0 Å². The Labute approximate surface area is 89.4 Å². The van der Waals surface area contributed by atoms with Gasteiger partial charge in [0.1, 0.15) is 0 Å². The fourth-order valence-corrected chi connectivity index (χ4v) is 1.45. The summed E-state index contributed by atoms with van der Waals surface area (Å²) in [7, 11) is 1.79. The summed E-state index contributed by atoms with van der Waals surface area (Å²) in [6.45, 7) is 12.1. The predicted molar refractivity (Wildman–Crippen MR) is 62.6 cm³/mol. The summed E-state index contributed by atoms with van der Waals surface area (Å²) >= 11 is 0. The third-order valence-electron chi connectivity index (χ3n) is 3.13. The van der Waals surface area contributed by atoms with Gasteiger partial charge in [-0.15, -0.1) is 0 Å². The Morgan fingerprint density at radius 2 is 1.86 bits per heavy atom. The molecule has 0 aliphatic carbocycles. The molecule has 0 aliphatic rings. The average Bonchev–Trinajstić information content (AvgIpc) is 2.15. The molecule has 2 atom stereocenters. The second kappa shape index (κ2) is 6.41. The van der Waals surface area contributed by atoms with Gasteiger partial charge in [0.25, 0.3) is 0 Å². The molecule has 0 rings (SSSR count). The molecular weight excluding hydrogens is 174 g/mol. The lowest BCUT2D eigenvalue weighted by Gasteiger charge is -2.27. The van der Waals surface area contributed by atoms with Crippen molar-refractivity contribution in [2.24, 2.45) is 5.92 Å². The summed E-state index contributed by atoms with van der Waals surface area (Å²) in [6.07, 6.45) is 2.34. The van der Waals surface area contributed by atoms with Crippen LogP contribution >= 0.6 is 0 Å². The molecule has 0 saturated carbocycles. The fourth-order valence-electron chi connectivity index (χ4n) is 1.45. The third kappa shape index (κ3) is 5.61. The van der Waals surface area contributed by atoms with Crippen molar-refractivity contribution in [3.63, 3.8) is 0 Å². The van der Waals surface area contributed by atoms with Crippen LogP contribution in [-0.4, -0.2) is 25.3 Å². The van der Waals surface area contributed by atoms with Gasteiger partial charge in [0.05, 0.1) is 5.60 Å². The molecule has 0 bridgehead atoms. The summed E-state index contributed by atoms with van der Waals surface area (Å²) in [6, 6.07) is 0.604.